The highest BCUT2D eigenvalue weighted by Gasteiger charge is 2.62. The Morgan fingerprint density at radius 2 is 1.28 bits per heavy atom. The number of amides is 2. The van der Waals surface area contributed by atoms with Gasteiger partial charge in [0.05, 0.1) is 52.3 Å². The number of ether oxygens (including phenoxy) is 5. The molecule has 0 fully saturated rings. The van der Waals surface area contributed by atoms with Crippen molar-refractivity contribution in [1.82, 2.24) is 0 Å². The first kappa shape index (κ1) is 34.0. The number of hydrogen-bond donors (Lipinski definition) is 1. The van der Waals surface area contributed by atoms with Crippen LogP contribution in [0.15, 0.2) is 73.7 Å². The molecule has 0 saturated carbocycles. The van der Waals surface area contributed by atoms with Gasteiger partial charge in [0.25, 0.3) is 0 Å². The van der Waals surface area contributed by atoms with Crippen LogP contribution in [0.2, 0.25) is 0 Å². The molecule has 5 rings (SSSR count). The van der Waals surface area contributed by atoms with Gasteiger partial charge in [0.15, 0.2) is 0 Å². The summed E-state index contributed by atoms with van der Waals surface area (Å²) in [7, 11) is 6.12. The number of para-hydroxylation sites is 1. The molecule has 0 bridgehead atoms. The van der Waals surface area contributed by atoms with Gasteiger partial charge in [-0.2, -0.15) is 0 Å². The van der Waals surface area contributed by atoms with E-state index in [9.17, 15) is 24.0 Å². The van der Waals surface area contributed by atoms with Crippen LogP contribution >= 0.6 is 35.3 Å². The molecule has 3 aliphatic heterocycles. The maximum atomic E-state index is 14.2. The molecule has 1 spiro atoms. The second-order valence-electron chi connectivity index (χ2n) is 10.5. The lowest BCUT2D eigenvalue weighted by molar-refractivity contribution is -0.138. The number of carbonyl (C=O) groups is 5. The van der Waals surface area contributed by atoms with Crippen molar-refractivity contribution < 1.29 is 47.7 Å². The molecule has 3 aliphatic rings. The minimum Gasteiger partial charge on any atom is -0.497 e. The van der Waals surface area contributed by atoms with Crippen LogP contribution in [0.1, 0.15) is 19.4 Å². The molecule has 2 aromatic carbocycles. The number of rotatable bonds is 6. The van der Waals surface area contributed by atoms with Crippen LogP contribution in [0.3, 0.4) is 0 Å². The monoisotopic (exact) mass is 698 g/mol. The quantitative estimate of drug-likeness (QED) is 0.307. The highest BCUT2D eigenvalue weighted by molar-refractivity contribution is 8.26. The van der Waals surface area contributed by atoms with Gasteiger partial charge in [0.2, 0.25) is 0 Å². The second kappa shape index (κ2) is 13.0. The Morgan fingerprint density at radius 1 is 0.723 bits per heavy atom. The molecule has 246 valence electrons. The lowest BCUT2D eigenvalue weighted by atomic mass is 9.83. The first-order valence-corrected chi connectivity index (χ1v) is 16.3. The van der Waals surface area contributed by atoms with E-state index in [1.807, 2.05) is 6.07 Å². The van der Waals surface area contributed by atoms with Crippen molar-refractivity contribution in [1.29, 1.82) is 0 Å². The van der Waals surface area contributed by atoms with Gasteiger partial charge < -0.3 is 29.0 Å². The summed E-state index contributed by atoms with van der Waals surface area (Å²) < 4.78 is 24.3. The number of nitrogens with zero attached hydrogens (tertiary/aromatic N) is 1. The number of anilines is 2. The molecule has 0 saturated heterocycles. The van der Waals surface area contributed by atoms with E-state index in [0.717, 1.165) is 56.6 Å². The SMILES string of the molecule is COC(=O)C1=C(C(=O)OC)SC2(S1)C(C(=O)OC)=C(C(=O)OC)SC1=C2c2cc(OC)ccc2N(C(=O)Nc2ccccc2)C1(C)C. The summed E-state index contributed by atoms with van der Waals surface area (Å²) in [5, 5.41) is 2.94. The lowest BCUT2D eigenvalue weighted by Crippen LogP contribution is -2.55. The summed E-state index contributed by atoms with van der Waals surface area (Å²) in [6.45, 7) is 3.58. The van der Waals surface area contributed by atoms with E-state index >= 15 is 0 Å². The molecule has 15 heteroatoms. The second-order valence-corrected chi connectivity index (χ2v) is 14.3. The number of fused-ring (bicyclic) bond motifs is 3. The largest absolute Gasteiger partial charge is 0.497 e. The van der Waals surface area contributed by atoms with E-state index < -0.39 is 39.5 Å². The van der Waals surface area contributed by atoms with Gasteiger partial charge in [-0.3, -0.25) is 4.90 Å². The first-order valence-electron chi connectivity index (χ1n) is 13.9. The molecule has 0 radical (unpaired) electrons. The van der Waals surface area contributed by atoms with Crippen molar-refractivity contribution in [2.75, 3.05) is 45.8 Å². The molecule has 1 N–H and O–H groups in total. The van der Waals surface area contributed by atoms with Crippen LogP contribution < -0.4 is 15.0 Å². The molecule has 0 aromatic heterocycles. The molecule has 2 aromatic rings. The Bertz CT molecular complexity index is 1770. The zero-order valence-electron chi connectivity index (χ0n) is 26.4. The first-order chi connectivity index (χ1) is 22.4. The number of nitrogens with one attached hydrogen (secondary N) is 1. The van der Waals surface area contributed by atoms with Crippen LogP contribution in [0.25, 0.3) is 5.57 Å². The van der Waals surface area contributed by atoms with Crippen LogP contribution in [0.5, 0.6) is 5.75 Å². The van der Waals surface area contributed by atoms with Crippen molar-refractivity contribution in [3.63, 3.8) is 0 Å². The Morgan fingerprint density at radius 3 is 1.81 bits per heavy atom. The smallest absolute Gasteiger partial charge is 0.345 e. The summed E-state index contributed by atoms with van der Waals surface area (Å²) in [6.07, 6.45) is 0. The predicted molar refractivity (Wildman–Crippen MR) is 180 cm³/mol. The van der Waals surface area contributed by atoms with Crippen molar-refractivity contribution in [3.8, 4) is 5.75 Å². The molecule has 47 heavy (non-hydrogen) atoms. The number of thioether (sulfide) groups is 3. The molecule has 0 unspecified atom stereocenters. The maximum Gasteiger partial charge on any atom is 0.345 e. The number of methoxy groups -OCH3 is 5. The van der Waals surface area contributed by atoms with Gasteiger partial charge in [-0.15, -0.1) is 0 Å². The van der Waals surface area contributed by atoms with E-state index in [4.69, 9.17) is 23.7 Å². The van der Waals surface area contributed by atoms with Gasteiger partial charge in [0, 0.05) is 21.7 Å². The Hall–Kier alpha value is -4.34. The summed E-state index contributed by atoms with van der Waals surface area (Å²) >= 11 is 2.64. The van der Waals surface area contributed by atoms with Crippen molar-refractivity contribution in [2.45, 2.75) is 23.5 Å². The summed E-state index contributed by atoms with van der Waals surface area (Å²) in [4.78, 5) is 69.4. The van der Waals surface area contributed by atoms with Gasteiger partial charge >= 0.3 is 29.9 Å². The number of carbonyl (C=O) groups excluding carboxylic acids is 5. The molecule has 2 amide bonds. The van der Waals surface area contributed by atoms with Crippen LogP contribution in [-0.4, -0.2) is 75.1 Å². The highest BCUT2D eigenvalue weighted by atomic mass is 32.2. The predicted octanol–water partition coefficient (Wildman–Crippen LogP) is 5.32. The minimum atomic E-state index is -1.70. The number of urea groups is 1. The standard InChI is InChI=1S/C32H30N2O10S3/c1-31(2)25-20(18-15-17(40-3)13-14-19(18)34(31)30(39)33-16-11-9-8-10-12-16)32(21(26(35)41-4)22(45-25)27(36)42-5)46-23(28(37)43-6)24(47-32)29(38)44-7/h8-15H,1-7H3,(H,33,39). The van der Waals surface area contributed by atoms with E-state index in [-0.39, 0.29) is 20.3 Å². The van der Waals surface area contributed by atoms with Crippen molar-refractivity contribution in [3.05, 3.63) is 79.3 Å². The van der Waals surface area contributed by atoms with Gasteiger partial charge in [0.1, 0.15) is 24.5 Å². The lowest BCUT2D eigenvalue weighted by Gasteiger charge is -2.50. The van der Waals surface area contributed by atoms with Crippen LogP contribution in [-0.2, 0) is 38.1 Å². The van der Waals surface area contributed by atoms with Gasteiger partial charge in [-0.25, -0.2) is 24.0 Å². The fourth-order valence-electron chi connectivity index (χ4n) is 5.49. The Balaban J connectivity index is 1.86. The van der Waals surface area contributed by atoms with Gasteiger partial charge in [-0.1, -0.05) is 53.5 Å². The maximum absolute atomic E-state index is 14.2. The fourth-order valence-corrected chi connectivity index (χ4v) is 10.5. The minimum absolute atomic E-state index is 0.139. The third-order valence-electron chi connectivity index (χ3n) is 7.57. The van der Waals surface area contributed by atoms with E-state index in [1.54, 1.807) is 61.2 Å². The average molecular weight is 699 g/mol. The highest BCUT2D eigenvalue weighted by Crippen LogP contribution is 2.71. The Kier molecular flexibility index (Phi) is 9.44. The zero-order valence-corrected chi connectivity index (χ0v) is 28.8. The van der Waals surface area contributed by atoms with Gasteiger partial charge in [-0.05, 0) is 44.2 Å². The topological polar surface area (TPSA) is 147 Å². The average Bonchev–Trinajstić information content (AvgIpc) is 3.47. The fraction of sp³-hybridized carbons (Fsp3) is 0.281. The van der Waals surface area contributed by atoms with E-state index in [0.29, 0.717) is 33.2 Å². The van der Waals surface area contributed by atoms with E-state index in [2.05, 4.69) is 5.32 Å². The summed E-state index contributed by atoms with van der Waals surface area (Å²) in [5.41, 5.74) is 0.493. The molecular formula is C32H30N2O10S3. The summed E-state index contributed by atoms with van der Waals surface area (Å²) in [5.74, 6) is -3.04. The third-order valence-corrected chi connectivity index (χ3v) is 12.2. The van der Waals surface area contributed by atoms with Crippen molar-refractivity contribution in [2.24, 2.45) is 0 Å². The third kappa shape index (κ3) is 5.55. The molecule has 12 nitrogen and oxygen atoms in total. The Labute approximate surface area is 283 Å². The molecule has 0 aliphatic carbocycles. The van der Waals surface area contributed by atoms with Crippen molar-refractivity contribution >= 4 is 82.1 Å². The normalized spacial score (nSPS) is 17.5. The molecule has 0 atom stereocenters. The molecular weight excluding hydrogens is 669 g/mol. The molecule has 3 heterocycles. The summed E-state index contributed by atoms with van der Waals surface area (Å²) in [6, 6.07) is 13.5. The number of benzene rings is 2. The number of esters is 4. The number of hydrogen-bond acceptors (Lipinski definition) is 13. The van der Waals surface area contributed by atoms with Crippen LogP contribution in [0.4, 0.5) is 16.2 Å². The van der Waals surface area contributed by atoms with Crippen LogP contribution in [0, 0.1) is 0 Å². The van der Waals surface area contributed by atoms with E-state index in [1.165, 1.54) is 14.2 Å². The zero-order chi connectivity index (χ0) is 34.3.